The number of nitrogens with zero attached hydrogens (tertiary/aromatic N) is 2. The minimum Gasteiger partial charge on any atom is -0.335 e. The van der Waals surface area contributed by atoms with E-state index in [1.165, 1.54) is 12.8 Å². The number of hydrogen-bond acceptors (Lipinski definition) is 2. The third kappa shape index (κ3) is 3.14. The highest BCUT2D eigenvalue weighted by molar-refractivity contribution is 5.95. The van der Waals surface area contributed by atoms with Crippen molar-refractivity contribution < 1.29 is 4.79 Å². The van der Waals surface area contributed by atoms with Gasteiger partial charge < -0.3 is 4.90 Å². The molecule has 1 atom stereocenters. The summed E-state index contributed by atoms with van der Waals surface area (Å²) in [6.45, 7) is 4.59. The standard InChI is InChI=1S/C16H20N2O/c1-12-6-3-4-7-15(12)16(19)18(11-5-10-17)13(2)14-8-9-14/h3-4,6-7,13-14H,5,8-9,11H2,1-2H3/t13-/m0/s1. The van der Waals surface area contributed by atoms with Crippen LogP contribution < -0.4 is 0 Å². The molecule has 1 aromatic rings. The molecule has 3 heteroatoms. The summed E-state index contributed by atoms with van der Waals surface area (Å²) >= 11 is 0. The average molecular weight is 256 g/mol. The zero-order chi connectivity index (χ0) is 13.8. The summed E-state index contributed by atoms with van der Waals surface area (Å²) in [5.74, 6) is 0.680. The molecule has 1 amide bonds. The minimum atomic E-state index is 0.0627. The maximum Gasteiger partial charge on any atom is 0.254 e. The van der Waals surface area contributed by atoms with Crippen molar-refractivity contribution in [3.05, 3.63) is 35.4 Å². The Morgan fingerprint density at radius 2 is 2.16 bits per heavy atom. The van der Waals surface area contributed by atoms with Gasteiger partial charge in [0.25, 0.3) is 5.91 Å². The van der Waals surface area contributed by atoms with Crippen molar-refractivity contribution in [2.45, 2.75) is 39.2 Å². The van der Waals surface area contributed by atoms with Gasteiger partial charge in [0.1, 0.15) is 0 Å². The average Bonchev–Trinajstić information content (AvgIpc) is 3.23. The Hall–Kier alpha value is -1.82. The fourth-order valence-corrected chi connectivity index (χ4v) is 2.46. The molecule has 0 bridgehead atoms. The molecule has 1 aliphatic carbocycles. The van der Waals surface area contributed by atoms with E-state index < -0.39 is 0 Å². The number of nitriles is 1. The first-order valence-corrected chi connectivity index (χ1v) is 6.88. The molecular formula is C16H20N2O. The van der Waals surface area contributed by atoms with Crippen molar-refractivity contribution in [3.63, 3.8) is 0 Å². The van der Waals surface area contributed by atoms with Crippen molar-refractivity contribution in [2.24, 2.45) is 5.92 Å². The zero-order valence-corrected chi connectivity index (χ0v) is 11.6. The lowest BCUT2D eigenvalue weighted by Crippen LogP contribution is -2.40. The first kappa shape index (κ1) is 13.6. The topological polar surface area (TPSA) is 44.1 Å². The van der Waals surface area contributed by atoms with Gasteiger partial charge in [0, 0.05) is 18.2 Å². The lowest BCUT2D eigenvalue weighted by Gasteiger charge is -2.29. The number of rotatable bonds is 5. The summed E-state index contributed by atoms with van der Waals surface area (Å²) in [6, 6.07) is 10.0. The van der Waals surface area contributed by atoms with Crippen molar-refractivity contribution in [3.8, 4) is 6.07 Å². The third-order valence-corrected chi connectivity index (χ3v) is 3.90. The summed E-state index contributed by atoms with van der Waals surface area (Å²) < 4.78 is 0. The van der Waals surface area contributed by atoms with Crippen molar-refractivity contribution in [1.82, 2.24) is 4.90 Å². The van der Waals surface area contributed by atoms with Gasteiger partial charge in [-0.3, -0.25) is 4.79 Å². The number of aryl methyl sites for hydroxylation is 1. The van der Waals surface area contributed by atoms with Gasteiger partial charge in [0.05, 0.1) is 12.5 Å². The molecule has 19 heavy (non-hydrogen) atoms. The maximum absolute atomic E-state index is 12.7. The van der Waals surface area contributed by atoms with Crippen LogP contribution in [0.4, 0.5) is 0 Å². The van der Waals surface area contributed by atoms with E-state index in [-0.39, 0.29) is 11.9 Å². The second kappa shape index (κ2) is 5.88. The van der Waals surface area contributed by atoms with E-state index in [1.54, 1.807) is 0 Å². The van der Waals surface area contributed by atoms with Gasteiger partial charge in [-0.15, -0.1) is 0 Å². The minimum absolute atomic E-state index is 0.0627. The largest absolute Gasteiger partial charge is 0.335 e. The van der Waals surface area contributed by atoms with Crippen LogP contribution in [-0.4, -0.2) is 23.4 Å². The molecule has 0 unspecified atom stereocenters. The Morgan fingerprint density at radius 3 is 2.74 bits per heavy atom. The molecule has 1 fully saturated rings. The Labute approximate surface area is 114 Å². The van der Waals surface area contributed by atoms with Crippen LogP contribution in [0.1, 0.15) is 42.1 Å². The van der Waals surface area contributed by atoms with Crippen LogP contribution in [-0.2, 0) is 0 Å². The van der Waals surface area contributed by atoms with E-state index in [0.717, 1.165) is 11.1 Å². The first-order valence-electron chi connectivity index (χ1n) is 6.88. The van der Waals surface area contributed by atoms with Gasteiger partial charge in [-0.1, -0.05) is 18.2 Å². The Kier molecular flexibility index (Phi) is 4.21. The predicted molar refractivity (Wildman–Crippen MR) is 74.6 cm³/mol. The van der Waals surface area contributed by atoms with E-state index in [9.17, 15) is 4.79 Å². The quantitative estimate of drug-likeness (QED) is 0.812. The predicted octanol–water partition coefficient (Wildman–Crippen LogP) is 3.15. The first-order chi connectivity index (χ1) is 9.15. The van der Waals surface area contributed by atoms with Gasteiger partial charge >= 0.3 is 0 Å². The summed E-state index contributed by atoms with van der Waals surface area (Å²) in [4.78, 5) is 14.5. The molecule has 1 saturated carbocycles. The number of carbonyl (C=O) groups excluding carboxylic acids is 1. The monoisotopic (exact) mass is 256 g/mol. The van der Waals surface area contributed by atoms with E-state index in [4.69, 9.17) is 5.26 Å². The van der Waals surface area contributed by atoms with Crippen molar-refractivity contribution in [1.29, 1.82) is 5.26 Å². The molecule has 3 nitrogen and oxygen atoms in total. The molecule has 100 valence electrons. The van der Waals surface area contributed by atoms with Crippen LogP contribution in [0.25, 0.3) is 0 Å². The number of amides is 1. The summed E-state index contributed by atoms with van der Waals surface area (Å²) in [6.07, 6.45) is 2.80. The van der Waals surface area contributed by atoms with Gasteiger partial charge in [-0.25, -0.2) is 0 Å². The van der Waals surface area contributed by atoms with Gasteiger partial charge in [0.2, 0.25) is 0 Å². The molecule has 1 aromatic carbocycles. The molecule has 0 saturated heterocycles. The molecule has 0 aliphatic heterocycles. The second-order valence-electron chi connectivity index (χ2n) is 5.30. The van der Waals surface area contributed by atoms with Gasteiger partial charge in [-0.05, 0) is 44.2 Å². The van der Waals surface area contributed by atoms with Crippen LogP contribution in [0.2, 0.25) is 0 Å². The SMILES string of the molecule is Cc1ccccc1C(=O)N(CCC#N)[C@@H](C)C1CC1. The highest BCUT2D eigenvalue weighted by Gasteiger charge is 2.34. The molecule has 0 heterocycles. The maximum atomic E-state index is 12.7. The summed E-state index contributed by atoms with van der Waals surface area (Å²) in [5, 5.41) is 8.77. The number of carbonyl (C=O) groups is 1. The Balaban J connectivity index is 2.19. The fourth-order valence-electron chi connectivity index (χ4n) is 2.46. The fraction of sp³-hybridized carbons (Fsp3) is 0.500. The zero-order valence-electron chi connectivity index (χ0n) is 11.6. The molecule has 0 spiro atoms. The molecular weight excluding hydrogens is 236 g/mol. The third-order valence-electron chi connectivity index (χ3n) is 3.90. The molecule has 1 aliphatic rings. The highest BCUT2D eigenvalue weighted by atomic mass is 16.2. The van der Waals surface area contributed by atoms with E-state index in [1.807, 2.05) is 36.1 Å². The van der Waals surface area contributed by atoms with Crippen molar-refractivity contribution in [2.75, 3.05) is 6.54 Å². The van der Waals surface area contributed by atoms with E-state index in [2.05, 4.69) is 13.0 Å². The van der Waals surface area contributed by atoms with Crippen LogP contribution in [0.3, 0.4) is 0 Å². The smallest absolute Gasteiger partial charge is 0.254 e. The number of benzene rings is 1. The lowest BCUT2D eigenvalue weighted by molar-refractivity contribution is 0.0676. The molecule has 2 rings (SSSR count). The normalized spacial score (nSPS) is 15.6. The van der Waals surface area contributed by atoms with Crippen LogP contribution in [0.15, 0.2) is 24.3 Å². The molecule has 0 radical (unpaired) electrons. The molecule has 0 N–H and O–H groups in total. The number of hydrogen-bond donors (Lipinski definition) is 0. The molecule has 0 aromatic heterocycles. The second-order valence-corrected chi connectivity index (χ2v) is 5.30. The van der Waals surface area contributed by atoms with Crippen LogP contribution >= 0.6 is 0 Å². The van der Waals surface area contributed by atoms with Gasteiger partial charge in [0.15, 0.2) is 0 Å². The summed E-state index contributed by atoms with van der Waals surface area (Å²) in [7, 11) is 0. The van der Waals surface area contributed by atoms with Crippen LogP contribution in [0, 0.1) is 24.2 Å². The van der Waals surface area contributed by atoms with Crippen LogP contribution in [0.5, 0.6) is 0 Å². The van der Waals surface area contributed by atoms with Gasteiger partial charge in [-0.2, -0.15) is 5.26 Å². The summed E-state index contributed by atoms with van der Waals surface area (Å²) in [5.41, 5.74) is 1.75. The highest BCUT2D eigenvalue weighted by Crippen LogP contribution is 2.35. The lowest BCUT2D eigenvalue weighted by atomic mass is 10.1. The Morgan fingerprint density at radius 1 is 1.47 bits per heavy atom. The Bertz CT molecular complexity index is 500. The van der Waals surface area contributed by atoms with E-state index in [0.29, 0.717) is 18.9 Å². The van der Waals surface area contributed by atoms with E-state index >= 15 is 0 Å². The van der Waals surface area contributed by atoms with Crippen molar-refractivity contribution >= 4 is 5.91 Å².